The van der Waals surface area contributed by atoms with Crippen LogP contribution in [0.1, 0.15) is 27.0 Å². The van der Waals surface area contributed by atoms with E-state index in [0.717, 1.165) is 26.5 Å². The van der Waals surface area contributed by atoms with E-state index in [1.165, 1.54) is 6.07 Å². The number of rotatable bonds is 3. The van der Waals surface area contributed by atoms with Crippen LogP contribution in [0.3, 0.4) is 0 Å². The summed E-state index contributed by atoms with van der Waals surface area (Å²) >= 11 is 3.34. The molecule has 0 radical (unpaired) electrons. The van der Waals surface area contributed by atoms with Gasteiger partial charge in [0.05, 0.1) is 0 Å². The largest absolute Gasteiger partial charge is 0.422 e. The van der Waals surface area contributed by atoms with Gasteiger partial charge >= 0.3 is 5.63 Å². The molecule has 2 aromatic carbocycles. The molecule has 24 heavy (non-hydrogen) atoms. The van der Waals surface area contributed by atoms with Crippen LogP contribution in [0.25, 0.3) is 11.0 Å². The van der Waals surface area contributed by atoms with Crippen molar-refractivity contribution in [2.75, 3.05) is 0 Å². The molecule has 0 saturated heterocycles. The van der Waals surface area contributed by atoms with E-state index in [4.69, 9.17) is 4.42 Å². The van der Waals surface area contributed by atoms with Gasteiger partial charge in [-0.3, -0.25) is 4.79 Å². The van der Waals surface area contributed by atoms with E-state index in [9.17, 15) is 9.59 Å². The number of benzene rings is 2. The Balaban J connectivity index is 1.91. The topological polar surface area (TPSA) is 59.3 Å². The molecule has 1 N–H and O–H groups in total. The molecule has 0 aliphatic rings. The van der Waals surface area contributed by atoms with Crippen LogP contribution in [0.15, 0.2) is 56.1 Å². The molecular weight excluding hydrogens is 370 g/mol. The van der Waals surface area contributed by atoms with E-state index in [1.54, 1.807) is 12.1 Å². The lowest BCUT2D eigenvalue weighted by Crippen LogP contribution is -2.23. The quantitative estimate of drug-likeness (QED) is 0.690. The maximum Gasteiger partial charge on any atom is 0.336 e. The van der Waals surface area contributed by atoms with Crippen molar-refractivity contribution in [2.24, 2.45) is 0 Å². The van der Waals surface area contributed by atoms with E-state index in [-0.39, 0.29) is 12.5 Å². The number of nitrogens with one attached hydrogen (secondary N) is 1. The normalized spacial score (nSPS) is 10.8. The van der Waals surface area contributed by atoms with Gasteiger partial charge in [-0.1, -0.05) is 22.0 Å². The van der Waals surface area contributed by atoms with Gasteiger partial charge in [-0.15, -0.1) is 0 Å². The zero-order chi connectivity index (χ0) is 17.3. The van der Waals surface area contributed by atoms with Gasteiger partial charge in [0.2, 0.25) is 0 Å². The summed E-state index contributed by atoms with van der Waals surface area (Å²) in [7, 11) is 0. The van der Waals surface area contributed by atoms with Crippen molar-refractivity contribution in [1.29, 1.82) is 0 Å². The molecule has 0 aliphatic heterocycles. The smallest absolute Gasteiger partial charge is 0.336 e. The summed E-state index contributed by atoms with van der Waals surface area (Å²) in [5, 5.41) is 3.71. The Kier molecular flexibility index (Phi) is 4.53. The van der Waals surface area contributed by atoms with Crippen molar-refractivity contribution in [2.45, 2.75) is 20.4 Å². The highest BCUT2D eigenvalue weighted by Gasteiger charge is 2.11. The molecule has 0 spiro atoms. The minimum Gasteiger partial charge on any atom is -0.422 e. The Morgan fingerprint density at radius 2 is 1.83 bits per heavy atom. The summed E-state index contributed by atoms with van der Waals surface area (Å²) in [6, 6.07) is 12.5. The summed E-state index contributed by atoms with van der Waals surface area (Å²) in [5.41, 5.74) is 3.46. The van der Waals surface area contributed by atoms with Crippen molar-refractivity contribution in [3.63, 3.8) is 0 Å². The fourth-order valence-corrected chi connectivity index (χ4v) is 2.97. The highest BCUT2D eigenvalue weighted by molar-refractivity contribution is 9.10. The Hall–Kier alpha value is -2.40. The van der Waals surface area contributed by atoms with Crippen molar-refractivity contribution in [3.05, 3.63) is 79.6 Å². The number of fused-ring (bicyclic) bond motifs is 1. The highest BCUT2D eigenvalue weighted by Crippen LogP contribution is 2.22. The number of aryl methyl sites for hydroxylation is 2. The van der Waals surface area contributed by atoms with Crippen LogP contribution in [-0.4, -0.2) is 5.91 Å². The molecule has 0 bridgehead atoms. The first-order valence-corrected chi connectivity index (χ1v) is 8.31. The van der Waals surface area contributed by atoms with Crippen molar-refractivity contribution in [1.82, 2.24) is 5.32 Å². The van der Waals surface area contributed by atoms with Crippen molar-refractivity contribution in [3.8, 4) is 0 Å². The first kappa shape index (κ1) is 16.5. The average Bonchev–Trinajstić information content (AvgIpc) is 2.54. The summed E-state index contributed by atoms with van der Waals surface area (Å²) in [5.74, 6) is -0.187. The van der Waals surface area contributed by atoms with E-state index in [1.807, 2.05) is 38.1 Å². The van der Waals surface area contributed by atoms with Gasteiger partial charge in [-0.25, -0.2) is 4.79 Å². The molecule has 1 amide bonds. The van der Waals surface area contributed by atoms with E-state index in [0.29, 0.717) is 11.1 Å². The van der Waals surface area contributed by atoms with Crippen LogP contribution in [0.5, 0.6) is 0 Å². The monoisotopic (exact) mass is 385 g/mol. The summed E-state index contributed by atoms with van der Waals surface area (Å²) in [6.45, 7) is 4.16. The predicted molar refractivity (Wildman–Crippen MR) is 97.3 cm³/mol. The molecule has 0 unspecified atom stereocenters. The first-order chi connectivity index (χ1) is 11.4. The summed E-state index contributed by atoms with van der Waals surface area (Å²) < 4.78 is 6.23. The zero-order valence-electron chi connectivity index (χ0n) is 13.4. The van der Waals surface area contributed by atoms with Crippen molar-refractivity contribution >= 4 is 32.8 Å². The Bertz CT molecular complexity index is 974. The molecule has 5 heteroatoms. The van der Waals surface area contributed by atoms with Gasteiger partial charge in [0.25, 0.3) is 5.91 Å². The van der Waals surface area contributed by atoms with Crippen LogP contribution in [-0.2, 0) is 6.54 Å². The third-order valence-corrected chi connectivity index (χ3v) is 4.33. The van der Waals surface area contributed by atoms with E-state index in [2.05, 4.69) is 21.2 Å². The number of amides is 1. The lowest BCUT2D eigenvalue weighted by molar-refractivity contribution is 0.0951. The second kappa shape index (κ2) is 6.61. The Morgan fingerprint density at radius 1 is 1.12 bits per heavy atom. The predicted octanol–water partition coefficient (Wildman–Crippen LogP) is 4.10. The standard InChI is InChI=1S/C19H16BrNO3/c1-11-7-12(2)18-16(8-11)14(9-17(22)24-18)10-21-19(23)13-3-5-15(20)6-4-13/h3-9H,10H2,1-2H3,(H,21,23). The molecule has 0 fully saturated rings. The average molecular weight is 386 g/mol. The molecule has 1 aromatic heterocycles. The molecule has 1 heterocycles. The van der Waals surface area contributed by atoms with Gasteiger partial charge in [0.15, 0.2) is 0 Å². The van der Waals surface area contributed by atoms with Crippen LogP contribution in [0.2, 0.25) is 0 Å². The second-order valence-corrected chi connectivity index (χ2v) is 6.65. The Morgan fingerprint density at radius 3 is 2.54 bits per heavy atom. The molecule has 0 aliphatic carbocycles. The van der Waals surface area contributed by atoms with Gasteiger partial charge in [0.1, 0.15) is 5.58 Å². The van der Waals surface area contributed by atoms with Gasteiger partial charge < -0.3 is 9.73 Å². The molecule has 0 atom stereocenters. The van der Waals surface area contributed by atoms with Crippen LogP contribution in [0.4, 0.5) is 0 Å². The molecule has 3 rings (SSSR count). The Labute approximate surface area is 147 Å². The second-order valence-electron chi connectivity index (χ2n) is 5.74. The van der Waals surface area contributed by atoms with Gasteiger partial charge in [-0.05, 0) is 60.9 Å². The third kappa shape index (κ3) is 3.41. The zero-order valence-corrected chi connectivity index (χ0v) is 14.9. The fraction of sp³-hybridized carbons (Fsp3) is 0.158. The number of carbonyl (C=O) groups is 1. The minimum absolute atomic E-state index is 0.187. The van der Waals surface area contributed by atoms with Gasteiger partial charge in [-0.2, -0.15) is 0 Å². The van der Waals surface area contributed by atoms with E-state index < -0.39 is 5.63 Å². The first-order valence-electron chi connectivity index (χ1n) is 7.52. The maximum absolute atomic E-state index is 12.3. The van der Waals surface area contributed by atoms with Crippen molar-refractivity contribution < 1.29 is 9.21 Å². The van der Waals surface area contributed by atoms with Crippen LogP contribution in [0, 0.1) is 13.8 Å². The lowest BCUT2D eigenvalue weighted by Gasteiger charge is -2.10. The molecule has 4 nitrogen and oxygen atoms in total. The minimum atomic E-state index is -0.414. The molecule has 0 saturated carbocycles. The number of carbonyl (C=O) groups excluding carboxylic acids is 1. The third-order valence-electron chi connectivity index (χ3n) is 3.81. The molecule has 3 aromatic rings. The SMILES string of the molecule is Cc1cc(C)c2oc(=O)cc(CNC(=O)c3ccc(Br)cc3)c2c1. The number of halogens is 1. The fourth-order valence-electron chi connectivity index (χ4n) is 2.70. The van der Waals surface area contributed by atoms with Crippen LogP contribution < -0.4 is 10.9 Å². The highest BCUT2D eigenvalue weighted by atomic mass is 79.9. The number of hydrogen-bond donors (Lipinski definition) is 1. The lowest BCUT2D eigenvalue weighted by atomic mass is 10.0. The maximum atomic E-state index is 12.3. The van der Waals surface area contributed by atoms with E-state index >= 15 is 0 Å². The molecular formula is C19H16BrNO3. The van der Waals surface area contributed by atoms with Gasteiger partial charge in [0, 0.05) is 28.0 Å². The molecule has 122 valence electrons. The summed E-state index contributed by atoms with van der Waals surface area (Å²) in [4.78, 5) is 24.1. The summed E-state index contributed by atoms with van der Waals surface area (Å²) in [6.07, 6.45) is 0. The van der Waals surface area contributed by atoms with Crippen LogP contribution >= 0.6 is 15.9 Å². The number of hydrogen-bond acceptors (Lipinski definition) is 3.